The Kier molecular flexibility index (Phi) is 3.86. The van der Waals surface area contributed by atoms with Gasteiger partial charge in [-0.1, -0.05) is 18.2 Å². The first-order valence-corrected chi connectivity index (χ1v) is 5.47. The standard InChI is InChI=1S/C13H14FN3O/c1-18-11-7-4-8-16-13(11)12(17-15)9-5-2-3-6-10(9)14/h2-8,12,17H,15H2,1H3. The molecule has 0 aliphatic heterocycles. The maximum atomic E-state index is 13.8. The van der Waals surface area contributed by atoms with E-state index in [1.165, 1.54) is 13.2 Å². The topological polar surface area (TPSA) is 60.2 Å². The second-order valence-electron chi connectivity index (χ2n) is 3.71. The summed E-state index contributed by atoms with van der Waals surface area (Å²) in [4.78, 5) is 4.20. The van der Waals surface area contributed by atoms with Gasteiger partial charge in [-0.05, 0) is 18.2 Å². The molecular weight excluding hydrogens is 233 g/mol. The van der Waals surface area contributed by atoms with E-state index in [4.69, 9.17) is 10.6 Å². The van der Waals surface area contributed by atoms with E-state index in [2.05, 4.69) is 10.4 Å². The predicted octanol–water partition coefficient (Wildman–Crippen LogP) is 1.78. The summed E-state index contributed by atoms with van der Waals surface area (Å²) in [6.45, 7) is 0. The molecule has 0 saturated heterocycles. The number of hydrogen-bond donors (Lipinski definition) is 2. The second-order valence-corrected chi connectivity index (χ2v) is 3.71. The molecule has 0 aliphatic rings. The Bertz CT molecular complexity index is 533. The largest absolute Gasteiger partial charge is 0.495 e. The molecule has 2 aromatic rings. The summed E-state index contributed by atoms with van der Waals surface area (Å²) in [6, 6.07) is 9.37. The van der Waals surface area contributed by atoms with Crippen molar-refractivity contribution in [1.82, 2.24) is 10.4 Å². The number of benzene rings is 1. The third-order valence-corrected chi connectivity index (χ3v) is 2.68. The molecule has 0 saturated carbocycles. The molecule has 5 heteroatoms. The maximum Gasteiger partial charge on any atom is 0.142 e. The number of halogens is 1. The Balaban J connectivity index is 2.49. The van der Waals surface area contributed by atoms with Crippen LogP contribution in [0.3, 0.4) is 0 Å². The molecule has 1 aromatic carbocycles. The van der Waals surface area contributed by atoms with Crippen LogP contribution in [0.25, 0.3) is 0 Å². The molecule has 0 aliphatic carbocycles. The van der Waals surface area contributed by atoms with Crippen LogP contribution in [0.5, 0.6) is 5.75 Å². The van der Waals surface area contributed by atoms with E-state index in [0.717, 1.165) is 0 Å². The zero-order valence-electron chi connectivity index (χ0n) is 9.93. The van der Waals surface area contributed by atoms with Crippen LogP contribution in [0.1, 0.15) is 17.3 Å². The lowest BCUT2D eigenvalue weighted by molar-refractivity contribution is 0.399. The summed E-state index contributed by atoms with van der Waals surface area (Å²) in [7, 11) is 1.54. The molecule has 0 radical (unpaired) electrons. The summed E-state index contributed by atoms with van der Waals surface area (Å²) < 4.78 is 19.0. The average Bonchev–Trinajstić information content (AvgIpc) is 2.42. The van der Waals surface area contributed by atoms with Crippen molar-refractivity contribution in [1.29, 1.82) is 0 Å². The van der Waals surface area contributed by atoms with Gasteiger partial charge in [0.05, 0.1) is 13.2 Å². The van der Waals surface area contributed by atoms with Gasteiger partial charge >= 0.3 is 0 Å². The quantitative estimate of drug-likeness (QED) is 0.638. The van der Waals surface area contributed by atoms with Crippen molar-refractivity contribution < 1.29 is 9.13 Å². The van der Waals surface area contributed by atoms with Crippen molar-refractivity contribution >= 4 is 0 Å². The number of nitrogens with one attached hydrogen (secondary N) is 1. The van der Waals surface area contributed by atoms with Gasteiger partial charge in [-0.15, -0.1) is 0 Å². The van der Waals surface area contributed by atoms with Crippen LogP contribution in [0.4, 0.5) is 4.39 Å². The first kappa shape index (κ1) is 12.5. The molecule has 1 unspecified atom stereocenters. The molecule has 18 heavy (non-hydrogen) atoms. The molecule has 0 amide bonds. The number of methoxy groups -OCH3 is 1. The van der Waals surface area contributed by atoms with E-state index in [9.17, 15) is 4.39 Å². The lowest BCUT2D eigenvalue weighted by Gasteiger charge is -2.18. The van der Waals surface area contributed by atoms with E-state index >= 15 is 0 Å². The number of ether oxygens (including phenoxy) is 1. The van der Waals surface area contributed by atoms with Gasteiger partial charge in [0.1, 0.15) is 17.3 Å². The predicted molar refractivity (Wildman–Crippen MR) is 66.4 cm³/mol. The monoisotopic (exact) mass is 247 g/mol. The Labute approximate surface area is 105 Å². The van der Waals surface area contributed by atoms with Gasteiger partial charge in [-0.25, -0.2) is 9.82 Å². The molecule has 4 nitrogen and oxygen atoms in total. The summed E-state index contributed by atoms with van der Waals surface area (Å²) in [6.07, 6.45) is 1.61. The van der Waals surface area contributed by atoms with Crippen molar-refractivity contribution in [3.05, 3.63) is 59.7 Å². The van der Waals surface area contributed by atoms with Crippen molar-refractivity contribution in [2.45, 2.75) is 6.04 Å². The van der Waals surface area contributed by atoms with Crippen LogP contribution in [0.15, 0.2) is 42.6 Å². The zero-order chi connectivity index (χ0) is 13.0. The summed E-state index contributed by atoms with van der Waals surface area (Å²) in [5, 5.41) is 0. The van der Waals surface area contributed by atoms with E-state index in [-0.39, 0.29) is 5.82 Å². The normalized spacial score (nSPS) is 12.2. The second kappa shape index (κ2) is 5.57. The smallest absolute Gasteiger partial charge is 0.142 e. The highest BCUT2D eigenvalue weighted by Gasteiger charge is 2.20. The van der Waals surface area contributed by atoms with Crippen molar-refractivity contribution in [3.8, 4) is 5.75 Å². The number of hydrazine groups is 1. The Morgan fingerprint density at radius 1 is 1.28 bits per heavy atom. The average molecular weight is 247 g/mol. The SMILES string of the molecule is COc1cccnc1C(NN)c1ccccc1F. The number of rotatable bonds is 4. The highest BCUT2D eigenvalue weighted by Crippen LogP contribution is 2.28. The van der Waals surface area contributed by atoms with Gasteiger partial charge < -0.3 is 4.74 Å². The minimum absolute atomic E-state index is 0.340. The van der Waals surface area contributed by atoms with E-state index in [1.807, 2.05) is 0 Å². The van der Waals surface area contributed by atoms with E-state index in [0.29, 0.717) is 17.0 Å². The lowest BCUT2D eigenvalue weighted by Crippen LogP contribution is -2.30. The van der Waals surface area contributed by atoms with Gasteiger partial charge in [0, 0.05) is 11.8 Å². The molecule has 0 bridgehead atoms. The Morgan fingerprint density at radius 2 is 2.06 bits per heavy atom. The number of nitrogens with two attached hydrogens (primary N) is 1. The van der Waals surface area contributed by atoms with Crippen LogP contribution in [0, 0.1) is 5.82 Å². The third-order valence-electron chi connectivity index (χ3n) is 2.68. The first-order valence-electron chi connectivity index (χ1n) is 5.47. The third kappa shape index (κ3) is 2.32. The fraction of sp³-hybridized carbons (Fsp3) is 0.154. The number of aromatic nitrogens is 1. The molecule has 1 aromatic heterocycles. The molecule has 1 heterocycles. The van der Waals surface area contributed by atoms with Crippen LogP contribution in [-0.4, -0.2) is 12.1 Å². The highest BCUT2D eigenvalue weighted by atomic mass is 19.1. The van der Waals surface area contributed by atoms with Crippen LogP contribution in [-0.2, 0) is 0 Å². The first-order chi connectivity index (χ1) is 8.77. The van der Waals surface area contributed by atoms with E-state index < -0.39 is 6.04 Å². The zero-order valence-corrected chi connectivity index (χ0v) is 9.93. The van der Waals surface area contributed by atoms with Crippen molar-refractivity contribution in [3.63, 3.8) is 0 Å². The number of nitrogens with zero attached hydrogens (tertiary/aromatic N) is 1. The summed E-state index contributed by atoms with van der Waals surface area (Å²) in [5.74, 6) is 5.74. The van der Waals surface area contributed by atoms with Crippen molar-refractivity contribution in [2.75, 3.05) is 7.11 Å². The van der Waals surface area contributed by atoms with Crippen LogP contribution in [0.2, 0.25) is 0 Å². The fourth-order valence-corrected chi connectivity index (χ4v) is 1.82. The maximum absolute atomic E-state index is 13.8. The number of pyridine rings is 1. The fourth-order valence-electron chi connectivity index (χ4n) is 1.82. The molecule has 0 fully saturated rings. The van der Waals surface area contributed by atoms with Gasteiger partial charge in [0.15, 0.2) is 0 Å². The molecule has 0 spiro atoms. The Hall–Kier alpha value is -1.98. The van der Waals surface area contributed by atoms with Crippen LogP contribution < -0.4 is 16.0 Å². The lowest BCUT2D eigenvalue weighted by atomic mass is 10.0. The van der Waals surface area contributed by atoms with Crippen LogP contribution >= 0.6 is 0 Å². The molecule has 94 valence electrons. The minimum atomic E-state index is -0.553. The van der Waals surface area contributed by atoms with E-state index in [1.54, 1.807) is 36.5 Å². The van der Waals surface area contributed by atoms with Gasteiger partial charge in [0.2, 0.25) is 0 Å². The number of hydrogen-bond acceptors (Lipinski definition) is 4. The molecule has 3 N–H and O–H groups in total. The van der Waals surface area contributed by atoms with Gasteiger partial charge in [0.25, 0.3) is 0 Å². The van der Waals surface area contributed by atoms with Gasteiger partial charge in [-0.3, -0.25) is 10.8 Å². The summed E-state index contributed by atoms with van der Waals surface area (Å²) in [5.41, 5.74) is 3.54. The minimum Gasteiger partial charge on any atom is -0.495 e. The van der Waals surface area contributed by atoms with Crippen molar-refractivity contribution in [2.24, 2.45) is 5.84 Å². The molecular formula is C13H14FN3O. The highest BCUT2D eigenvalue weighted by molar-refractivity contribution is 5.37. The molecule has 1 atom stereocenters. The van der Waals surface area contributed by atoms with Gasteiger partial charge in [-0.2, -0.15) is 0 Å². The Morgan fingerprint density at radius 3 is 2.72 bits per heavy atom. The summed E-state index contributed by atoms with van der Waals surface area (Å²) >= 11 is 0. The molecule has 2 rings (SSSR count).